The smallest absolute Gasteiger partial charge is 0.123 e. The Hall–Kier alpha value is -1.26. The van der Waals surface area contributed by atoms with Gasteiger partial charge in [0.1, 0.15) is 17.0 Å². The van der Waals surface area contributed by atoms with Crippen molar-refractivity contribution in [1.82, 2.24) is 10.3 Å². The summed E-state index contributed by atoms with van der Waals surface area (Å²) in [6.07, 6.45) is 5.37. The molecule has 1 aliphatic rings. The predicted octanol–water partition coefficient (Wildman–Crippen LogP) is 3.17. The van der Waals surface area contributed by atoms with Crippen molar-refractivity contribution in [3.63, 3.8) is 0 Å². The van der Waals surface area contributed by atoms with Crippen molar-refractivity contribution in [3.05, 3.63) is 41.3 Å². The molecule has 17 heavy (non-hydrogen) atoms. The van der Waals surface area contributed by atoms with Crippen molar-refractivity contribution in [2.75, 3.05) is 6.54 Å². The van der Waals surface area contributed by atoms with Crippen molar-refractivity contribution < 1.29 is 4.39 Å². The molecule has 0 spiro atoms. The number of hydrogen-bond donors (Lipinski definition) is 1. The Morgan fingerprint density at radius 1 is 1.35 bits per heavy atom. The molecule has 0 aliphatic carbocycles. The Morgan fingerprint density at radius 2 is 2.18 bits per heavy atom. The second-order valence-corrected chi connectivity index (χ2v) is 5.18. The predicted molar refractivity (Wildman–Crippen MR) is 66.3 cm³/mol. The van der Waals surface area contributed by atoms with Gasteiger partial charge in [-0.25, -0.2) is 9.37 Å². The molecule has 0 amide bonds. The molecular weight excluding hydrogens is 235 g/mol. The van der Waals surface area contributed by atoms with Gasteiger partial charge in [0.25, 0.3) is 0 Å². The lowest BCUT2D eigenvalue weighted by Crippen LogP contribution is -2.12. The second-order valence-electron chi connectivity index (χ2n) is 4.15. The minimum absolute atomic E-state index is 0.212. The minimum atomic E-state index is -0.212. The quantitative estimate of drug-likeness (QED) is 0.881. The Labute approximate surface area is 104 Å². The highest BCUT2D eigenvalue weighted by molar-refractivity contribution is 7.15. The molecule has 0 bridgehead atoms. The lowest BCUT2D eigenvalue weighted by molar-refractivity contribution is 0.628. The maximum absolute atomic E-state index is 12.8. The zero-order valence-corrected chi connectivity index (χ0v) is 10.1. The van der Waals surface area contributed by atoms with Crippen molar-refractivity contribution in [3.8, 4) is 10.4 Å². The first-order valence-electron chi connectivity index (χ1n) is 5.70. The average molecular weight is 247 g/mol. The highest BCUT2D eigenvalue weighted by atomic mass is 32.1. The summed E-state index contributed by atoms with van der Waals surface area (Å²) in [4.78, 5) is 5.31. The van der Waals surface area contributed by atoms with E-state index >= 15 is 0 Å². The molecule has 4 heteroatoms. The average Bonchev–Trinajstić information content (AvgIpc) is 3.00. The first kappa shape index (κ1) is 10.9. The van der Waals surface area contributed by atoms with Gasteiger partial charge < -0.3 is 5.32 Å². The van der Waals surface area contributed by atoms with Gasteiger partial charge in [0.15, 0.2) is 0 Å². The third-order valence-electron chi connectivity index (χ3n) is 2.94. The molecule has 2 nitrogen and oxygen atoms in total. The summed E-state index contributed by atoms with van der Waals surface area (Å²) >= 11 is 1.64. The number of aromatic nitrogens is 1. The van der Waals surface area contributed by atoms with Crippen LogP contribution in [0.3, 0.4) is 0 Å². The van der Waals surface area contributed by atoms with Gasteiger partial charge in [-0.1, -0.05) is 12.1 Å². The molecule has 2 heterocycles. The third-order valence-corrected chi connectivity index (χ3v) is 4.06. The van der Waals surface area contributed by atoms with Crippen LogP contribution in [0.5, 0.6) is 0 Å². The number of rotatable bonds is 2. The minimum Gasteiger partial charge on any atom is -0.308 e. The largest absolute Gasteiger partial charge is 0.308 e. The van der Waals surface area contributed by atoms with Crippen LogP contribution in [0.15, 0.2) is 24.3 Å². The van der Waals surface area contributed by atoms with E-state index in [1.54, 1.807) is 23.5 Å². The Balaban J connectivity index is 1.86. The van der Waals surface area contributed by atoms with Gasteiger partial charge in [-0.3, -0.25) is 0 Å². The fourth-order valence-electron chi connectivity index (χ4n) is 2.03. The number of benzene rings is 1. The van der Waals surface area contributed by atoms with Crippen molar-refractivity contribution >= 4 is 11.3 Å². The maximum atomic E-state index is 12.8. The Kier molecular flexibility index (Phi) is 2.91. The molecule has 1 saturated heterocycles. The Morgan fingerprint density at radius 3 is 2.88 bits per heavy atom. The molecule has 0 unspecified atom stereocenters. The van der Waals surface area contributed by atoms with E-state index in [4.69, 9.17) is 0 Å². The number of halogens is 1. The Bertz CT molecular complexity index is 500. The normalized spacial score (nSPS) is 19.7. The third kappa shape index (κ3) is 2.23. The van der Waals surface area contributed by atoms with E-state index in [2.05, 4.69) is 16.5 Å². The molecule has 1 aromatic heterocycles. The maximum Gasteiger partial charge on any atom is 0.123 e. The van der Waals surface area contributed by atoms with Gasteiger partial charge in [-0.15, -0.1) is 11.3 Å². The summed E-state index contributed by atoms with van der Waals surface area (Å²) in [6.45, 7) is 1.07. The standard InChI is InChI=1S/C13H12FN2S/c14-10-5-3-9(4-6-10)12-8-16-13(17-12)11-2-1-7-15-11/h3-6,11,15H,1-2,7H2/t11-/m0/s1. The van der Waals surface area contributed by atoms with Crippen molar-refractivity contribution in [1.29, 1.82) is 0 Å². The van der Waals surface area contributed by atoms with Crippen LogP contribution in [0.1, 0.15) is 23.9 Å². The van der Waals surface area contributed by atoms with E-state index in [1.165, 1.54) is 18.6 Å². The molecule has 1 fully saturated rings. The molecular formula is C13H12FN2S. The van der Waals surface area contributed by atoms with Crippen LogP contribution in [-0.4, -0.2) is 11.5 Å². The fraction of sp³-hybridized carbons (Fsp3) is 0.308. The van der Waals surface area contributed by atoms with Crippen molar-refractivity contribution in [2.45, 2.75) is 18.9 Å². The summed E-state index contributed by atoms with van der Waals surface area (Å²) in [5.41, 5.74) is 0.980. The molecule has 1 aliphatic heterocycles. The van der Waals surface area contributed by atoms with Gasteiger partial charge in [0, 0.05) is 0 Å². The molecule has 1 radical (unpaired) electrons. The molecule has 1 atom stereocenters. The summed E-state index contributed by atoms with van der Waals surface area (Å²) in [5.74, 6) is -0.212. The number of nitrogens with one attached hydrogen (secondary N) is 1. The van der Waals surface area contributed by atoms with E-state index in [9.17, 15) is 4.39 Å². The molecule has 2 aromatic rings. The lowest BCUT2D eigenvalue weighted by Gasteiger charge is -2.04. The lowest BCUT2D eigenvalue weighted by atomic mass is 10.2. The summed E-state index contributed by atoms with van der Waals surface area (Å²) < 4.78 is 12.8. The second kappa shape index (κ2) is 4.55. The molecule has 1 aromatic carbocycles. The highest BCUT2D eigenvalue weighted by Gasteiger charge is 2.19. The zero-order chi connectivity index (χ0) is 11.7. The van der Waals surface area contributed by atoms with Gasteiger partial charge in [-0.2, -0.15) is 0 Å². The monoisotopic (exact) mass is 247 g/mol. The topological polar surface area (TPSA) is 24.9 Å². The van der Waals surface area contributed by atoms with E-state index in [-0.39, 0.29) is 5.82 Å². The van der Waals surface area contributed by atoms with Crippen LogP contribution in [0.25, 0.3) is 10.4 Å². The van der Waals surface area contributed by atoms with Gasteiger partial charge in [0.05, 0.1) is 10.9 Å². The van der Waals surface area contributed by atoms with E-state index in [0.717, 1.165) is 28.4 Å². The summed E-state index contributed by atoms with van der Waals surface area (Å²) in [5, 5.41) is 4.50. The van der Waals surface area contributed by atoms with Crippen LogP contribution in [0.4, 0.5) is 4.39 Å². The highest BCUT2D eigenvalue weighted by Crippen LogP contribution is 2.31. The molecule has 0 saturated carbocycles. The van der Waals surface area contributed by atoms with E-state index in [0.29, 0.717) is 6.04 Å². The fourth-order valence-corrected chi connectivity index (χ4v) is 3.01. The van der Waals surface area contributed by atoms with Gasteiger partial charge >= 0.3 is 0 Å². The number of thiazole rings is 1. The van der Waals surface area contributed by atoms with Gasteiger partial charge in [0.2, 0.25) is 0 Å². The molecule has 87 valence electrons. The van der Waals surface area contributed by atoms with Crippen molar-refractivity contribution in [2.24, 2.45) is 0 Å². The number of nitrogens with zero attached hydrogens (tertiary/aromatic N) is 1. The van der Waals surface area contributed by atoms with Crippen LogP contribution in [0.2, 0.25) is 0 Å². The van der Waals surface area contributed by atoms with Crippen LogP contribution in [0, 0.1) is 12.0 Å². The summed E-state index contributed by atoms with van der Waals surface area (Å²) in [6, 6.07) is 6.86. The number of hydrogen-bond acceptors (Lipinski definition) is 3. The first-order chi connectivity index (χ1) is 8.33. The van der Waals surface area contributed by atoms with E-state index < -0.39 is 0 Å². The summed E-state index contributed by atoms with van der Waals surface area (Å²) in [7, 11) is 0. The van der Waals surface area contributed by atoms with Crippen LogP contribution in [-0.2, 0) is 0 Å². The zero-order valence-electron chi connectivity index (χ0n) is 9.24. The van der Waals surface area contributed by atoms with Crippen LogP contribution < -0.4 is 5.32 Å². The van der Waals surface area contributed by atoms with Crippen LogP contribution >= 0.6 is 11.3 Å². The first-order valence-corrected chi connectivity index (χ1v) is 6.52. The van der Waals surface area contributed by atoms with E-state index in [1.807, 2.05) is 0 Å². The SMILES string of the molecule is Fc1ccc(-c2[c]nc([C@@H]3CCCN3)s2)cc1. The molecule has 3 rings (SSSR count). The van der Waals surface area contributed by atoms with Gasteiger partial charge in [-0.05, 0) is 37.1 Å². The molecule has 1 N–H and O–H groups in total.